The van der Waals surface area contributed by atoms with Gasteiger partial charge >= 0.3 is 0 Å². The smallest absolute Gasteiger partial charge is 0.160 e. The number of hydrogen-bond donors (Lipinski definition) is 2. The molecule has 62 valence electrons. The largest absolute Gasteiger partial charge is 0.504 e. The average Bonchev–Trinajstić information content (AvgIpc) is 2.08. The van der Waals surface area contributed by atoms with Gasteiger partial charge in [0.1, 0.15) is 0 Å². The van der Waals surface area contributed by atoms with Gasteiger partial charge in [-0.05, 0) is 11.6 Å². The summed E-state index contributed by atoms with van der Waals surface area (Å²) in [6.45, 7) is 0.0384. The lowest BCUT2D eigenvalue weighted by molar-refractivity contribution is 0.399. The Balaban J connectivity index is 2.99. The van der Waals surface area contributed by atoms with Crippen molar-refractivity contribution in [1.29, 1.82) is 0 Å². The molecular formula is C7H7N3O2. The molecule has 0 unspecified atom stereocenters. The number of hydrogen-bond acceptors (Lipinski definition) is 3. The summed E-state index contributed by atoms with van der Waals surface area (Å²) in [5.74, 6) is -0.439. The van der Waals surface area contributed by atoms with E-state index in [1.807, 2.05) is 0 Å². The predicted octanol–water partition coefficient (Wildman–Crippen LogP) is 1.91. The minimum absolute atomic E-state index is 0.0384. The molecule has 2 N–H and O–H groups in total. The SMILES string of the molecule is [N-]=[N+]=NCc1cccc(O)c1O. The molecule has 0 aromatic heterocycles. The molecule has 0 amide bonds. The van der Waals surface area contributed by atoms with Crippen LogP contribution in [-0.4, -0.2) is 10.2 Å². The lowest BCUT2D eigenvalue weighted by Gasteiger charge is -2.01. The molecule has 0 atom stereocenters. The molecule has 0 aliphatic heterocycles. The third-order valence-electron chi connectivity index (χ3n) is 1.40. The van der Waals surface area contributed by atoms with E-state index < -0.39 is 0 Å². The van der Waals surface area contributed by atoms with Crippen LogP contribution in [0.2, 0.25) is 0 Å². The van der Waals surface area contributed by atoms with Crippen molar-refractivity contribution in [2.75, 3.05) is 0 Å². The Morgan fingerprint density at radius 3 is 2.83 bits per heavy atom. The Kier molecular flexibility index (Phi) is 2.40. The molecule has 0 aliphatic carbocycles. The summed E-state index contributed by atoms with van der Waals surface area (Å²) in [7, 11) is 0. The van der Waals surface area contributed by atoms with Crippen LogP contribution in [0.4, 0.5) is 0 Å². The maximum absolute atomic E-state index is 9.19. The van der Waals surface area contributed by atoms with Crippen LogP contribution in [-0.2, 0) is 6.54 Å². The molecule has 0 bridgehead atoms. The van der Waals surface area contributed by atoms with Gasteiger partial charge in [-0.3, -0.25) is 0 Å². The first-order chi connectivity index (χ1) is 5.75. The van der Waals surface area contributed by atoms with Crippen LogP contribution < -0.4 is 0 Å². The number of aromatic hydroxyl groups is 2. The van der Waals surface area contributed by atoms with Gasteiger partial charge in [-0.2, -0.15) is 0 Å². The second-order valence-corrected chi connectivity index (χ2v) is 2.17. The van der Waals surface area contributed by atoms with Crippen LogP contribution in [0.3, 0.4) is 0 Å². The van der Waals surface area contributed by atoms with Crippen LogP contribution in [0.1, 0.15) is 5.56 Å². The van der Waals surface area contributed by atoms with E-state index in [9.17, 15) is 5.11 Å². The molecule has 1 aromatic rings. The molecule has 0 saturated carbocycles. The third kappa shape index (κ3) is 1.59. The first-order valence-corrected chi connectivity index (χ1v) is 3.26. The van der Waals surface area contributed by atoms with E-state index in [0.717, 1.165) is 0 Å². The Bertz CT molecular complexity index is 331. The van der Waals surface area contributed by atoms with Gasteiger partial charge in [-0.25, -0.2) is 0 Å². The number of phenols is 2. The van der Waals surface area contributed by atoms with Crippen LogP contribution >= 0.6 is 0 Å². The van der Waals surface area contributed by atoms with Gasteiger partial charge < -0.3 is 10.2 Å². The Morgan fingerprint density at radius 2 is 2.17 bits per heavy atom. The van der Waals surface area contributed by atoms with Gasteiger partial charge in [0, 0.05) is 10.5 Å². The van der Waals surface area contributed by atoms with Gasteiger partial charge in [0.05, 0.1) is 6.54 Å². The molecule has 0 spiro atoms. The maximum atomic E-state index is 9.19. The van der Waals surface area contributed by atoms with Crippen molar-refractivity contribution in [3.8, 4) is 11.5 Å². The molecule has 5 heteroatoms. The van der Waals surface area contributed by atoms with Gasteiger partial charge in [0.25, 0.3) is 0 Å². The highest BCUT2D eigenvalue weighted by Crippen LogP contribution is 2.28. The number of benzene rings is 1. The topological polar surface area (TPSA) is 89.2 Å². The van der Waals surface area contributed by atoms with Gasteiger partial charge in [0.2, 0.25) is 0 Å². The van der Waals surface area contributed by atoms with Crippen molar-refractivity contribution in [2.24, 2.45) is 5.11 Å². The summed E-state index contributed by atoms with van der Waals surface area (Å²) < 4.78 is 0. The zero-order valence-corrected chi connectivity index (χ0v) is 6.18. The number of azide groups is 1. The van der Waals surface area contributed by atoms with Crippen molar-refractivity contribution in [1.82, 2.24) is 0 Å². The van der Waals surface area contributed by atoms with Crippen molar-refractivity contribution >= 4 is 0 Å². The fourth-order valence-electron chi connectivity index (χ4n) is 0.813. The average molecular weight is 165 g/mol. The van der Waals surface area contributed by atoms with Crippen molar-refractivity contribution in [3.63, 3.8) is 0 Å². The van der Waals surface area contributed by atoms with E-state index in [2.05, 4.69) is 10.0 Å². The lowest BCUT2D eigenvalue weighted by Crippen LogP contribution is -1.81. The Labute approximate surface area is 68.5 Å². The third-order valence-corrected chi connectivity index (χ3v) is 1.40. The highest BCUT2D eigenvalue weighted by Gasteiger charge is 2.03. The highest BCUT2D eigenvalue weighted by atomic mass is 16.3. The summed E-state index contributed by atoms with van der Waals surface area (Å²) in [4.78, 5) is 2.53. The van der Waals surface area contributed by atoms with E-state index in [4.69, 9.17) is 10.6 Å². The van der Waals surface area contributed by atoms with Crippen LogP contribution in [0, 0.1) is 0 Å². The van der Waals surface area contributed by atoms with Crippen molar-refractivity contribution in [2.45, 2.75) is 6.54 Å². The lowest BCUT2D eigenvalue weighted by atomic mass is 10.2. The zero-order valence-electron chi connectivity index (χ0n) is 6.18. The molecule has 1 rings (SSSR count). The van der Waals surface area contributed by atoms with Crippen molar-refractivity contribution < 1.29 is 10.2 Å². The summed E-state index contributed by atoms with van der Waals surface area (Å²) in [6, 6.07) is 4.50. The number of para-hydroxylation sites is 1. The standard InChI is InChI=1S/C7H7N3O2/c8-10-9-4-5-2-1-3-6(11)7(5)12/h1-3,11-12H,4H2. The van der Waals surface area contributed by atoms with Crippen LogP contribution in [0.5, 0.6) is 11.5 Å². The summed E-state index contributed by atoms with van der Waals surface area (Å²) >= 11 is 0. The molecule has 0 radical (unpaired) electrons. The van der Waals surface area contributed by atoms with E-state index in [1.165, 1.54) is 6.07 Å². The van der Waals surface area contributed by atoms with E-state index in [0.29, 0.717) is 5.56 Å². The fourth-order valence-corrected chi connectivity index (χ4v) is 0.813. The Hall–Kier alpha value is -1.87. The molecule has 0 saturated heterocycles. The van der Waals surface area contributed by atoms with Crippen molar-refractivity contribution in [3.05, 3.63) is 34.2 Å². The second-order valence-electron chi connectivity index (χ2n) is 2.17. The summed E-state index contributed by atoms with van der Waals surface area (Å²) in [5.41, 5.74) is 8.41. The van der Waals surface area contributed by atoms with Gasteiger partial charge in [-0.15, -0.1) is 0 Å². The first kappa shape index (κ1) is 8.23. The number of rotatable bonds is 2. The molecule has 5 nitrogen and oxygen atoms in total. The molecule has 0 heterocycles. The van der Waals surface area contributed by atoms with Crippen LogP contribution in [0.25, 0.3) is 10.4 Å². The van der Waals surface area contributed by atoms with Gasteiger partial charge in [-0.1, -0.05) is 17.2 Å². The highest BCUT2D eigenvalue weighted by molar-refractivity contribution is 5.44. The first-order valence-electron chi connectivity index (χ1n) is 3.26. The minimum Gasteiger partial charge on any atom is -0.504 e. The van der Waals surface area contributed by atoms with Gasteiger partial charge in [0.15, 0.2) is 11.5 Å². The van der Waals surface area contributed by atoms with E-state index in [1.54, 1.807) is 12.1 Å². The zero-order chi connectivity index (χ0) is 8.97. The number of nitrogens with zero attached hydrogens (tertiary/aromatic N) is 3. The monoisotopic (exact) mass is 165 g/mol. The molecular weight excluding hydrogens is 158 g/mol. The fraction of sp³-hybridized carbons (Fsp3) is 0.143. The molecule has 0 fully saturated rings. The summed E-state index contributed by atoms with van der Waals surface area (Å²) in [6.07, 6.45) is 0. The van der Waals surface area contributed by atoms with Crippen LogP contribution in [0.15, 0.2) is 23.3 Å². The molecule has 1 aromatic carbocycles. The predicted molar refractivity (Wildman–Crippen MR) is 42.6 cm³/mol. The maximum Gasteiger partial charge on any atom is 0.160 e. The van der Waals surface area contributed by atoms with E-state index in [-0.39, 0.29) is 18.0 Å². The van der Waals surface area contributed by atoms with E-state index >= 15 is 0 Å². The quantitative estimate of drug-likeness (QED) is 0.303. The second kappa shape index (κ2) is 3.50. The summed E-state index contributed by atoms with van der Waals surface area (Å²) in [5, 5.41) is 21.5. The molecule has 12 heavy (non-hydrogen) atoms. The minimum atomic E-state index is -0.232. The number of phenolic OH excluding ortho intramolecular Hbond substituents is 2. The normalized spacial score (nSPS) is 9.00. The Morgan fingerprint density at radius 1 is 1.42 bits per heavy atom. The molecule has 0 aliphatic rings.